The van der Waals surface area contributed by atoms with Crippen molar-refractivity contribution in [3.8, 4) is 22.6 Å². The maximum absolute atomic E-state index is 11.9. The van der Waals surface area contributed by atoms with Crippen molar-refractivity contribution >= 4 is 21.5 Å². The third-order valence-electron chi connectivity index (χ3n) is 8.44. The fraction of sp³-hybridized carbons (Fsp3) is 0.375. The molecule has 6 rings (SSSR count). The van der Waals surface area contributed by atoms with Gasteiger partial charge < -0.3 is 10.2 Å². The van der Waals surface area contributed by atoms with Gasteiger partial charge in [-0.2, -0.15) is 0 Å². The van der Waals surface area contributed by atoms with Gasteiger partial charge in [0.25, 0.3) is 0 Å². The summed E-state index contributed by atoms with van der Waals surface area (Å²) in [4.78, 5) is 0. The van der Waals surface area contributed by atoms with Gasteiger partial charge in [0, 0.05) is 11.1 Å². The lowest BCUT2D eigenvalue weighted by molar-refractivity contribution is 0.412. The Morgan fingerprint density at radius 2 is 0.882 bits per heavy atom. The smallest absolute Gasteiger partial charge is 0.127 e. The SMILES string of the molecule is Oc1c(C2CCCCC2)cc2ccccc2c1-c1c(O)c(C2CCCCC2)cc2ccccc12. The minimum atomic E-state index is 0.367. The van der Waals surface area contributed by atoms with Crippen LogP contribution in [0.1, 0.15) is 87.2 Å². The molecule has 0 bridgehead atoms. The van der Waals surface area contributed by atoms with Crippen molar-refractivity contribution in [2.24, 2.45) is 0 Å². The zero-order valence-corrected chi connectivity index (χ0v) is 19.9. The monoisotopic (exact) mass is 450 g/mol. The Bertz CT molecular complexity index is 1240. The molecule has 4 aromatic rings. The number of rotatable bonds is 3. The molecule has 0 spiro atoms. The van der Waals surface area contributed by atoms with Crippen LogP contribution in [0.15, 0.2) is 60.7 Å². The first-order chi connectivity index (χ1) is 16.7. The molecule has 34 heavy (non-hydrogen) atoms. The van der Waals surface area contributed by atoms with Gasteiger partial charge in [0.1, 0.15) is 11.5 Å². The van der Waals surface area contributed by atoms with Crippen molar-refractivity contribution in [1.29, 1.82) is 0 Å². The van der Waals surface area contributed by atoms with Gasteiger partial charge in [0.05, 0.1) is 0 Å². The van der Waals surface area contributed by atoms with E-state index >= 15 is 0 Å². The largest absolute Gasteiger partial charge is 0.507 e. The minimum Gasteiger partial charge on any atom is -0.507 e. The van der Waals surface area contributed by atoms with Crippen LogP contribution < -0.4 is 0 Å². The summed E-state index contributed by atoms with van der Waals surface area (Å²) in [5, 5.41) is 28.0. The van der Waals surface area contributed by atoms with Crippen LogP contribution in [0.5, 0.6) is 11.5 Å². The van der Waals surface area contributed by atoms with E-state index in [1.807, 2.05) is 12.1 Å². The molecule has 0 aromatic heterocycles. The topological polar surface area (TPSA) is 40.5 Å². The number of hydrogen-bond donors (Lipinski definition) is 2. The lowest BCUT2D eigenvalue weighted by atomic mass is 9.78. The van der Waals surface area contributed by atoms with E-state index in [9.17, 15) is 10.2 Å². The molecular formula is C32H34O2. The second kappa shape index (κ2) is 8.98. The number of phenolic OH excluding ortho intramolecular Hbond substituents is 2. The van der Waals surface area contributed by atoms with E-state index in [0.717, 1.165) is 69.5 Å². The van der Waals surface area contributed by atoms with Gasteiger partial charge in [-0.25, -0.2) is 0 Å². The van der Waals surface area contributed by atoms with Gasteiger partial charge in [-0.05, 0) is 82.3 Å². The van der Waals surface area contributed by atoms with Crippen LogP contribution in [0.3, 0.4) is 0 Å². The highest BCUT2D eigenvalue weighted by molar-refractivity contribution is 6.10. The van der Waals surface area contributed by atoms with E-state index in [4.69, 9.17) is 0 Å². The maximum Gasteiger partial charge on any atom is 0.127 e. The Hall–Kier alpha value is -3.00. The third kappa shape index (κ3) is 3.64. The highest BCUT2D eigenvalue weighted by Crippen LogP contribution is 2.52. The molecule has 2 fully saturated rings. The van der Waals surface area contributed by atoms with Crippen molar-refractivity contribution in [2.45, 2.75) is 76.0 Å². The summed E-state index contributed by atoms with van der Waals surface area (Å²) < 4.78 is 0. The van der Waals surface area contributed by atoms with Crippen molar-refractivity contribution < 1.29 is 10.2 Å². The van der Waals surface area contributed by atoms with Crippen molar-refractivity contribution in [2.75, 3.05) is 0 Å². The van der Waals surface area contributed by atoms with Crippen molar-refractivity contribution in [3.63, 3.8) is 0 Å². The highest BCUT2D eigenvalue weighted by atomic mass is 16.3. The number of aromatic hydroxyl groups is 2. The van der Waals surface area contributed by atoms with E-state index in [0.29, 0.717) is 23.3 Å². The van der Waals surface area contributed by atoms with Crippen LogP contribution in [0.4, 0.5) is 0 Å². The molecule has 0 unspecified atom stereocenters. The van der Waals surface area contributed by atoms with Crippen molar-refractivity contribution in [3.05, 3.63) is 71.8 Å². The first-order valence-electron chi connectivity index (χ1n) is 13.2. The number of fused-ring (bicyclic) bond motifs is 2. The van der Waals surface area contributed by atoms with Crippen LogP contribution in [0.25, 0.3) is 32.7 Å². The second-order valence-electron chi connectivity index (χ2n) is 10.5. The first kappa shape index (κ1) is 21.5. The molecule has 0 aliphatic heterocycles. The Morgan fingerprint density at radius 3 is 1.29 bits per heavy atom. The summed E-state index contributed by atoms with van der Waals surface area (Å²) in [7, 11) is 0. The van der Waals surface area contributed by atoms with Gasteiger partial charge in [-0.3, -0.25) is 0 Å². The average Bonchev–Trinajstić information content (AvgIpc) is 2.90. The molecule has 0 saturated heterocycles. The van der Waals surface area contributed by atoms with E-state index < -0.39 is 0 Å². The number of hydrogen-bond acceptors (Lipinski definition) is 2. The summed E-state index contributed by atoms with van der Waals surface area (Å²) in [6.45, 7) is 0. The maximum atomic E-state index is 11.9. The van der Waals surface area contributed by atoms with Gasteiger partial charge in [-0.1, -0.05) is 87.1 Å². The molecule has 2 N–H and O–H groups in total. The summed E-state index contributed by atoms with van der Waals surface area (Å²) >= 11 is 0. The normalized spacial score (nSPS) is 18.0. The summed E-state index contributed by atoms with van der Waals surface area (Å²) in [5.74, 6) is 1.50. The van der Waals surface area contributed by atoms with Crippen molar-refractivity contribution in [1.82, 2.24) is 0 Å². The van der Waals surface area contributed by atoms with Gasteiger partial charge in [0.15, 0.2) is 0 Å². The molecule has 4 aromatic carbocycles. The predicted octanol–water partition coefficient (Wildman–Crippen LogP) is 9.17. The Labute approximate surface area is 202 Å². The predicted molar refractivity (Wildman–Crippen MR) is 142 cm³/mol. The molecule has 0 atom stereocenters. The molecule has 2 saturated carbocycles. The second-order valence-corrected chi connectivity index (χ2v) is 10.5. The molecule has 2 aliphatic rings. The zero-order valence-electron chi connectivity index (χ0n) is 19.9. The lowest BCUT2D eigenvalue weighted by Crippen LogP contribution is -2.07. The van der Waals surface area contributed by atoms with Gasteiger partial charge in [-0.15, -0.1) is 0 Å². The first-order valence-corrected chi connectivity index (χ1v) is 13.2. The van der Waals surface area contributed by atoms with Crippen LogP contribution in [-0.2, 0) is 0 Å². The molecule has 0 amide bonds. The fourth-order valence-corrected chi connectivity index (χ4v) is 6.67. The van der Waals surface area contributed by atoms with E-state index in [1.54, 1.807) is 0 Å². The Balaban J connectivity index is 1.67. The van der Waals surface area contributed by atoms with E-state index in [2.05, 4.69) is 48.5 Å². The number of benzene rings is 4. The van der Waals surface area contributed by atoms with E-state index in [-0.39, 0.29) is 0 Å². The molecule has 0 heterocycles. The fourth-order valence-electron chi connectivity index (χ4n) is 6.67. The molecule has 174 valence electrons. The average molecular weight is 451 g/mol. The summed E-state index contributed by atoms with van der Waals surface area (Å²) in [6, 6.07) is 21.1. The standard InChI is InChI=1S/C32H34O2/c33-31-27(21-11-3-1-4-12-21)19-23-15-7-9-17-25(23)29(31)30-26-18-10-8-16-24(26)20-28(32(30)34)22-13-5-2-6-14-22/h7-10,15-22,33-34H,1-6,11-14H2. The minimum absolute atomic E-state index is 0.367. The van der Waals surface area contributed by atoms with Crippen LogP contribution in [0, 0.1) is 0 Å². The molecule has 2 aliphatic carbocycles. The Morgan fingerprint density at radius 1 is 0.500 bits per heavy atom. The number of phenols is 2. The quantitative estimate of drug-likeness (QED) is 0.327. The van der Waals surface area contributed by atoms with Crippen LogP contribution in [0.2, 0.25) is 0 Å². The van der Waals surface area contributed by atoms with Crippen LogP contribution >= 0.6 is 0 Å². The molecule has 0 radical (unpaired) electrons. The molecule has 2 heteroatoms. The highest BCUT2D eigenvalue weighted by Gasteiger charge is 2.28. The third-order valence-corrected chi connectivity index (χ3v) is 8.44. The van der Waals surface area contributed by atoms with Crippen LogP contribution in [-0.4, -0.2) is 10.2 Å². The van der Waals surface area contributed by atoms with Gasteiger partial charge in [0.2, 0.25) is 0 Å². The molecular weight excluding hydrogens is 416 g/mol. The summed E-state index contributed by atoms with van der Waals surface area (Å²) in [6.07, 6.45) is 11.9. The zero-order chi connectivity index (χ0) is 23.1. The Kier molecular flexibility index (Phi) is 5.69. The lowest BCUT2D eigenvalue weighted by Gasteiger charge is -2.27. The summed E-state index contributed by atoms with van der Waals surface area (Å²) in [5.41, 5.74) is 3.73. The van der Waals surface area contributed by atoms with E-state index in [1.165, 1.54) is 38.5 Å². The molecule has 2 nitrogen and oxygen atoms in total. The van der Waals surface area contributed by atoms with Gasteiger partial charge >= 0.3 is 0 Å².